The summed E-state index contributed by atoms with van der Waals surface area (Å²) in [5.74, 6) is -0.0749. The largest absolute Gasteiger partial charge is 0.508 e. The fourth-order valence-corrected chi connectivity index (χ4v) is 4.24. The Morgan fingerprint density at radius 2 is 1.61 bits per heavy atom. The fourth-order valence-electron chi connectivity index (χ4n) is 3.05. The molecule has 0 atom stereocenters. The quantitative estimate of drug-likeness (QED) is 0.556. The zero-order valence-electron chi connectivity index (χ0n) is 15.8. The molecule has 0 aliphatic rings. The van der Waals surface area contributed by atoms with Crippen LogP contribution in [0.25, 0.3) is 11.1 Å². The fraction of sp³-hybridized carbons (Fsp3) is 0.182. The number of hydrogen-bond donors (Lipinski definition) is 3. The second-order valence-corrected chi connectivity index (χ2v) is 8.73. The van der Waals surface area contributed by atoms with Gasteiger partial charge in [0.15, 0.2) is 0 Å². The molecule has 3 N–H and O–H groups in total. The van der Waals surface area contributed by atoms with E-state index in [1.807, 2.05) is 19.9 Å². The molecular weight excluding hydrogens is 374 g/mol. The Bertz CT molecular complexity index is 1080. The molecule has 0 bridgehead atoms. The van der Waals surface area contributed by atoms with Crippen molar-refractivity contribution in [3.63, 3.8) is 0 Å². The van der Waals surface area contributed by atoms with Crippen molar-refractivity contribution in [3.05, 3.63) is 77.9 Å². The van der Waals surface area contributed by atoms with Gasteiger partial charge < -0.3 is 10.2 Å². The van der Waals surface area contributed by atoms with Gasteiger partial charge in [0.1, 0.15) is 11.5 Å². The molecule has 0 unspecified atom stereocenters. The van der Waals surface area contributed by atoms with E-state index < -0.39 is 10.0 Å². The van der Waals surface area contributed by atoms with Crippen molar-refractivity contribution >= 4 is 15.7 Å². The highest BCUT2D eigenvalue weighted by Gasteiger charge is 2.15. The minimum absolute atomic E-state index is 0.0379. The van der Waals surface area contributed by atoms with Gasteiger partial charge in [-0.1, -0.05) is 56.3 Å². The van der Waals surface area contributed by atoms with Crippen LogP contribution in [0.1, 0.15) is 30.9 Å². The summed E-state index contributed by atoms with van der Waals surface area (Å²) in [6.07, 6.45) is 0. The van der Waals surface area contributed by atoms with Crippen molar-refractivity contribution in [1.82, 2.24) is 0 Å². The van der Waals surface area contributed by atoms with Crippen LogP contribution in [-0.4, -0.2) is 18.6 Å². The van der Waals surface area contributed by atoms with E-state index >= 15 is 0 Å². The van der Waals surface area contributed by atoms with Crippen LogP contribution in [-0.2, 0) is 15.8 Å². The normalized spacial score (nSPS) is 11.5. The number of phenols is 2. The van der Waals surface area contributed by atoms with Crippen LogP contribution in [0.4, 0.5) is 5.69 Å². The summed E-state index contributed by atoms with van der Waals surface area (Å²) in [4.78, 5) is 0. The zero-order chi connectivity index (χ0) is 20.3. The van der Waals surface area contributed by atoms with Gasteiger partial charge in [0.05, 0.1) is 5.75 Å². The Hall–Kier alpha value is -2.99. The first-order chi connectivity index (χ1) is 13.2. The van der Waals surface area contributed by atoms with Gasteiger partial charge in [0.25, 0.3) is 0 Å². The molecule has 0 amide bonds. The molecule has 0 spiro atoms. The van der Waals surface area contributed by atoms with Gasteiger partial charge in [0, 0.05) is 17.3 Å². The molecule has 6 heteroatoms. The van der Waals surface area contributed by atoms with Gasteiger partial charge in [-0.2, -0.15) is 0 Å². The molecule has 0 saturated carbocycles. The van der Waals surface area contributed by atoms with Crippen molar-refractivity contribution in [3.8, 4) is 22.6 Å². The Kier molecular flexibility index (Phi) is 5.61. The highest BCUT2D eigenvalue weighted by molar-refractivity contribution is 7.91. The monoisotopic (exact) mass is 397 g/mol. The predicted molar refractivity (Wildman–Crippen MR) is 112 cm³/mol. The number of anilines is 1. The van der Waals surface area contributed by atoms with Gasteiger partial charge in [-0.3, -0.25) is 4.72 Å². The Morgan fingerprint density at radius 1 is 0.893 bits per heavy atom. The molecule has 3 aromatic carbocycles. The number of benzene rings is 3. The smallest absolute Gasteiger partial charge is 0.236 e. The van der Waals surface area contributed by atoms with Crippen LogP contribution in [0.2, 0.25) is 0 Å². The van der Waals surface area contributed by atoms with Crippen molar-refractivity contribution in [2.75, 3.05) is 4.72 Å². The Balaban J connectivity index is 1.90. The van der Waals surface area contributed by atoms with Crippen molar-refractivity contribution in [2.24, 2.45) is 0 Å². The van der Waals surface area contributed by atoms with E-state index in [-0.39, 0.29) is 23.2 Å². The maximum atomic E-state index is 12.5. The lowest BCUT2D eigenvalue weighted by molar-refractivity contribution is 0.445. The second kappa shape index (κ2) is 7.94. The summed E-state index contributed by atoms with van der Waals surface area (Å²) in [6.45, 7) is 3.90. The summed E-state index contributed by atoms with van der Waals surface area (Å²) < 4.78 is 27.5. The van der Waals surface area contributed by atoms with Gasteiger partial charge in [-0.15, -0.1) is 0 Å². The average Bonchev–Trinajstić information content (AvgIpc) is 2.61. The van der Waals surface area contributed by atoms with Crippen LogP contribution >= 0.6 is 0 Å². The van der Waals surface area contributed by atoms with E-state index in [1.165, 1.54) is 6.07 Å². The molecule has 0 fully saturated rings. The van der Waals surface area contributed by atoms with Crippen molar-refractivity contribution in [2.45, 2.75) is 25.5 Å². The first-order valence-electron chi connectivity index (χ1n) is 8.96. The SMILES string of the molecule is CC(C)c1cc(-c2cccc(NS(=O)(=O)Cc3ccccc3)c2)c(O)cc1O. The van der Waals surface area contributed by atoms with Crippen molar-refractivity contribution < 1.29 is 18.6 Å². The molecule has 146 valence electrons. The summed E-state index contributed by atoms with van der Waals surface area (Å²) in [6, 6.07) is 18.8. The number of phenolic OH excluding ortho intramolecular Hbond substituents is 2. The molecule has 0 heterocycles. The minimum Gasteiger partial charge on any atom is -0.508 e. The number of sulfonamides is 1. The van der Waals surface area contributed by atoms with E-state index in [0.29, 0.717) is 27.9 Å². The summed E-state index contributed by atoms with van der Waals surface area (Å²) in [7, 11) is -3.58. The molecule has 5 nitrogen and oxygen atoms in total. The van der Waals surface area contributed by atoms with Gasteiger partial charge in [0.2, 0.25) is 10.0 Å². The molecule has 0 aliphatic carbocycles. The molecule has 0 aromatic heterocycles. The van der Waals surface area contributed by atoms with E-state index in [9.17, 15) is 18.6 Å². The van der Waals surface area contributed by atoms with Crippen LogP contribution in [0.5, 0.6) is 11.5 Å². The zero-order valence-corrected chi connectivity index (χ0v) is 16.6. The number of aromatic hydroxyl groups is 2. The van der Waals surface area contributed by atoms with Gasteiger partial charge in [-0.25, -0.2) is 8.42 Å². The highest BCUT2D eigenvalue weighted by atomic mass is 32.2. The van der Waals surface area contributed by atoms with Gasteiger partial charge in [-0.05, 0) is 40.8 Å². The molecule has 0 aliphatic heterocycles. The summed E-state index contributed by atoms with van der Waals surface area (Å²) in [5, 5.41) is 20.3. The summed E-state index contributed by atoms with van der Waals surface area (Å²) in [5.41, 5.74) is 3.00. The predicted octanol–water partition coefficient (Wildman–Crippen LogP) is 4.83. The Labute approximate surface area is 165 Å². The first kappa shape index (κ1) is 19.8. The van der Waals surface area contributed by atoms with E-state index in [1.54, 1.807) is 54.6 Å². The third-order valence-corrected chi connectivity index (χ3v) is 5.67. The average molecular weight is 397 g/mol. The van der Waals surface area contributed by atoms with Crippen LogP contribution in [0.3, 0.4) is 0 Å². The molecule has 3 aromatic rings. The van der Waals surface area contributed by atoms with Crippen LogP contribution < -0.4 is 4.72 Å². The number of hydrogen-bond acceptors (Lipinski definition) is 4. The molecule has 3 rings (SSSR count). The number of rotatable bonds is 6. The van der Waals surface area contributed by atoms with E-state index in [4.69, 9.17) is 0 Å². The first-order valence-corrected chi connectivity index (χ1v) is 10.6. The Morgan fingerprint density at radius 3 is 2.29 bits per heavy atom. The second-order valence-electron chi connectivity index (χ2n) is 7.01. The molecule has 0 saturated heterocycles. The van der Waals surface area contributed by atoms with Crippen molar-refractivity contribution in [1.29, 1.82) is 0 Å². The van der Waals surface area contributed by atoms with Crippen LogP contribution in [0.15, 0.2) is 66.7 Å². The highest BCUT2D eigenvalue weighted by Crippen LogP contribution is 2.38. The van der Waals surface area contributed by atoms with Crippen LogP contribution in [0, 0.1) is 0 Å². The third kappa shape index (κ3) is 4.64. The molecular formula is C22H23NO4S. The summed E-state index contributed by atoms with van der Waals surface area (Å²) >= 11 is 0. The van der Waals surface area contributed by atoms with E-state index in [0.717, 1.165) is 0 Å². The molecule has 28 heavy (non-hydrogen) atoms. The standard InChI is InChI=1S/C22H23NO4S/c1-15(2)19-12-20(22(25)13-21(19)24)17-9-6-10-18(11-17)23-28(26,27)14-16-7-4-3-5-8-16/h3-13,15,23-25H,14H2,1-2H3. The lowest BCUT2D eigenvalue weighted by Crippen LogP contribution is -2.15. The van der Waals surface area contributed by atoms with E-state index in [2.05, 4.69) is 4.72 Å². The lowest BCUT2D eigenvalue weighted by Gasteiger charge is -2.14. The maximum Gasteiger partial charge on any atom is 0.236 e. The topological polar surface area (TPSA) is 86.6 Å². The number of nitrogens with one attached hydrogen (secondary N) is 1. The third-order valence-electron chi connectivity index (χ3n) is 4.41. The lowest BCUT2D eigenvalue weighted by atomic mass is 9.95. The molecule has 0 radical (unpaired) electrons. The maximum absolute atomic E-state index is 12.5. The minimum atomic E-state index is -3.58. The van der Waals surface area contributed by atoms with Gasteiger partial charge >= 0.3 is 0 Å².